The third-order valence-electron chi connectivity index (χ3n) is 4.47. The molecule has 0 saturated heterocycles. The van der Waals surface area contributed by atoms with Crippen molar-refractivity contribution in [2.24, 2.45) is 0 Å². The third kappa shape index (κ3) is 4.26. The summed E-state index contributed by atoms with van der Waals surface area (Å²) in [5.41, 5.74) is 3.64. The van der Waals surface area contributed by atoms with Crippen LogP contribution in [0.25, 0.3) is 0 Å². The molecule has 0 saturated carbocycles. The van der Waals surface area contributed by atoms with Gasteiger partial charge < -0.3 is 14.8 Å². The van der Waals surface area contributed by atoms with Gasteiger partial charge in [0.05, 0.1) is 13.2 Å². The maximum absolute atomic E-state index is 12.4. The molecule has 0 fully saturated rings. The summed E-state index contributed by atoms with van der Waals surface area (Å²) in [6, 6.07) is 16.9. The van der Waals surface area contributed by atoms with E-state index in [4.69, 9.17) is 9.47 Å². The van der Waals surface area contributed by atoms with E-state index in [0.29, 0.717) is 18.8 Å². The second kappa shape index (κ2) is 7.91. The number of hydrogen-bond donors (Lipinski definition) is 1. The Hall–Kier alpha value is -3.34. The molecule has 2 aromatic carbocycles. The number of rotatable bonds is 6. The molecule has 4 rings (SSSR count). The lowest BCUT2D eigenvalue weighted by Crippen LogP contribution is -2.12. The fourth-order valence-corrected chi connectivity index (χ4v) is 3.00. The standard InChI is InChI=1S/C22H20N2O3/c25-22(18-1-6-21-17(15-18)10-14-27-21)24-19-2-4-20(5-3-19)26-13-9-16-7-11-23-12-8-16/h1-8,11-12,15H,9-10,13-14H2,(H,24,25). The van der Waals surface area contributed by atoms with Gasteiger partial charge in [0.15, 0.2) is 0 Å². The molecule has 1 aromatic heterocycles. The Morgan fingerprint density at radius 1 is 1.07 bits per heavy atom. The molecule has 0 aliphatic carbocycles. The largest absolute Gasteiger partial charge is 0.493 e. The smallest absolute Gasteiger partial charge is 0.255 e. The van der Waals surface area contributed by atoms with E-state index in [-0.39, 0.29) is 5.91 Å². The maximum atomic E-state index is 12.4. The Bertz CT molecular complexity index is 924. The highest BCUT2D eigenvalue weighted by molar-refractivity contribution is 6.04. The molecule has 0 bridgehead atoms. The van der Waals surface area contributed by atoms with E-state index >= 15 is 0 Å². The van der Waals surface area contributed by atoms with Crippen LogP contribution in [0.4, 0.5) is 5.69 Å². The number of aromatic nitrogens is 1. The van der Waals surface area contributed by atoms with Crippen molar-refractivity contribution in [1.29, 1.82) is 0 Å². The van der Waals surface area contributed by atoms with Crippen molar-refractivity contribution in [3.63, 3.8) is 0 Å². The molecular weight excluding hydrogens is 340 g/mol. The molecule has 1 amide bonds. The fraction of sp³-hybridized carbons (Fsp3) is 0.182. The fourth-order valence-electron chi connectivity index (χ4n) is 3.00. The molecule has 1 aliphatic rings. The minimum Gasteiger partial charge on any atom is -0.493 e. The topological polar surface area (TPSA) is 60.5 Å². The Kier molecular flexibility index (Phi) is 5.01. The first-order chi connectivity index (χ1) is 13.3. The zero-order valence-electron chi connectivity index (χ0n) is 14.9. The van der Waals surface area contributed by atoms with Gasteiger partial charge in [-0.1, -0.05) is 0 Å². The van der Waals surface area contributed by atoms with Gasteiger partial charge in [0.25, 0.3) is 5.91 Å². The lowest BCUT2D eigenvalue weighted by molar-refractivity contribution is 0.102. The predicted molar refractivity (Wildman–Crippen MR) is 103 cm³/mol. The minimum atomic E-state index is -0.129. The SMILES string of the molecule is O=C(Nc1ccc(OCCc2ccncc2)cc1)c1ccc2c(c1)CCO2. The predicted octanol–water partition coefficient (Wildman–Crippen LogP) is 3.89. The second-order valence-corrected chi connectivity index (χ2v) is 6.35. The van der Waals surface area contributed by atoms with Crippen LogP contribution in [-0.2, 0) is 12.8 Å². The van der Waals surface area contributed by atoms with E-state index < -0.39 is 0 Å². The minimum absolute atomic E-state index is 0.129. The number of ether oxygens (including phenoxy) is 2. The summed E-state index contributed by atoms with van der Waals surface area (Å²) in [6.07, 6.45) is 5.23. The number of nitrogens with one attached hydrogen (secondary N) is 1. The second-order valence-electron chi connectivity index (χ2n) is 6.35. The highest BCUT2D eigenvalue weighted by Crippen LogP contribution is 2.26. The molecule has 2 heterocycles. The van der Waals surface area contributed by atoms with Crippen LogP contribution in [-0.4, -0.2) is 24.1 Å². The maximum Gasteiger partial charge on any atom is 0.255 e. The third-order valence-corrected chi connectivity index (χ3v) is 4.47. The van der Waals surface area contributed by atoms with E-state index in [0.717, 1.165) is 35.6 Å². The summed E-state index contributed by atoms with van der Waals surface area (Å²) >= 11 is 0. The summed E-state index contributed by atoms with van der Waals surface area (Å²) in [5, 5.41) is 2.92. The molecule has 3 aromatic rings. The van der Waals surface area contributed by atoms with E-state index in [1.165, 1.54) is 5.56 Å². The number of pyridine rings is 1. The van der Waals surface area contributed by atoms with Gasteiger partial charge in [0.2, 0.25) is 0 Å². The number of carbonyl (C=O) groups is 1. The Morgan fingerprint density at radius 2 is 1.89 bits per heavy atom. The average Bonchev–Trinajstić information content (AvgIpc) is 3.18. The lowest BCUT2D eigenvalue weighted by Gasteiger charge is -2.09. The summed E-state index contributed by atoms with van der Waals surface area (Å²) < 4.78 is 11.2. The first-order valence-corrected chi connectivity index (χ1v) is 8.97. The quantitative estimate of drug-likeness (QED) is 0.724. The Balaban J connectivity index is 1.31. The average molecular weight is 360 g/mol. The molecule has 0 spiro atoms. The molecule has 1 N–H and O–H groups in total. The van der Waals surface area contributed by atoms with Crippen molar-refractivity contribution in [3.05, 3.63) is 83.7 Å². The summed E-state index contributed by atoms with van der Waals surface area (Å²) in [7, 11) is 0. The van der Waals surface area contributed by atoms with Gasteiger partial charge in [-0.3, -0.25) is 9.78 Å². The van der Waals surface area contributed by atoms with Gasteiger partial charge in [-0.15, -0.1) is 0 Å². The number of carbonyl (C=O) groups excluding carboxylic acids is 1. The van der Waals surface area contributed by atoms with E-state index in [2.05, 4.69) is 10.3 Å². The molecule has 5 heteroatoms. The molecule has 27 heavy (non-hydrogen) atoms. The number of hydrogen-bond acceptors (Lipinski definition) is 4. The highest BCUT2D eigenvalue weighted by atomic mass is 16.5. The van der Waals surface area contributed by atoms with Crippen molar-refractivity contribution < 1.29 is 14.3 Å². The molecule has 136 valence electrons. The molecule has 0 atom stereocenters. The van der Waals surface area contributed by atoms with Crippen LogP contribution in [0, 0.1) is 0 Å². The van der Waals surface area contributed by atoms with Gasteiger partial charge in [0.1, 0.15) is 11.5 Å². The van der Waals surface area contributed by atoms with Crippen LogP contribution >= 0.6 is 0 Å². The molecule has 0 unspecified atom stereocenters. The number of nitrogens with zero attached hydrogens (tertiary/aromatic N) is 1. The molecular formula is C22H20N2O3. The van der Waals surface area contributed by atoms with Crippen molar-refractivity contribution >= 4 is 11.6 Å². The summed E-state index contributed by atoms with van der Waals surface area (Å²) in [6.45, 7) is 1.27. The zero-order valence-corrected chi connectivity index (χ0v) is 14.9. The van der Waals surface area contributed by atoms with Crippen molar-refractivity contribution in [1.82, 2.24) is 4.98 Å². The van der Waals surface area contributed by atoms with Crippen LogP contribution in [0.3, 0.4) is 0 Å². The number of anilines is 1. The van der Waals surface area contributed by atoms with Gasteiger partial charge in [0, 0.05) is 36.5 Å². The van der Waals surface area contributed by atoms with Crippen LogP contribution in [0.1, 0.15) is 21.5 Å². The van der Waals surface area contributed by atoms with Crippen LogP contribution in [0.2, 0.25) is 0 Å². The zero-order chi connectivity index (χ0) is 18.5. The first kappa shape index (κ1) is 17.1. The first-order valence-electron chi connectivity index (χ1n) is 8.97. The Morgan fingerprint density at radius 3 is 2.70 bits per heavy atom. The lowest BCUT2D eigenvalue weighted by atomic mass is 10.1. The monoisotopic (exact) mass is 360 g/mol. The van der Waals surface area contributed by atoms with Crippen LogP contribution < -0.4 is 14.8 Å². The number of benzene rings is 2. The number of fused-ring (bicyclic) bond motifs is 1. The molecule has 0 radical (unpaired) electrons. The Labute approximate surface area is 158 Å². The van der Waals surface area contributed by atoms with Crippen LogP contribution in [0.5, 0.6) is 11.5 Å². The van der Waals surface area contributed by atoms with Crippen LogP contribution in [0.15, 0.2) is 67.0 Å². The molecule has 1 aliphatic heterocycles. The van der Waals surface area contributed by atoms with Gasteiger partial charge in [-0.2, -0.15) is 0 Å². The van der Waals surface area contributed by atoms with Gasteiger partial charge in [-0.05, 0) is 65.7 Å². The van der Waals surface area contributed by atoms with Gasteiger partial charge in [-0.25, -0.2) is 0 Å². The van der Waals surface area contributed by atoms with Crippen molar-refractivity contribution in [3.8, 4) is 11.5 Å². The normalized spacial score (nSPS) is 12.1. The van der Waals surface area contributed by atoms with Crippen molar-refractivity contribution in [2.45, 2.75) is 12.8 Å². The summed E-state index contributed by atoms with van der Waals surface area (Å²) in [4.78, 5) is 16.4. The van der Waals surface area contributed by atoms with Gasteiger partial charge >= 0.3 is 0 Å². The van der Waals surface area contributed by atoms with E-state index in [9.17, 15) is 4.79 Å². The van der Waals surface area contributed by atoms with E-state index in [1.54, 1.807) is 18.5 Å². The van der Waals surface area contributed by atoms with E-state index in [1.807, 2.05) is 48.5 Å². The highest BCUT2D eigenvalue weighted by Gasteiger charge is 2.15. The molecule has 5 nitrogen and oxygen atoms in total. The number of amides is 1. The summed E-state index contributed by atoms with van der Waals surface area (Å²) in [5.74, 6) is 1.52. The van der Waals surface area contributed by atoms with Crippen molar-refractivity contribution in [2.75, 3.05) is 18.5 Å².